The average molecular weight is 361 g/mol. The van der Waals surface area contributed by atoms with Gasteiger partial charge in [-0.25, -0.2) is 0 Å². The van der Waals surface area contributed by atoms with Crippen molar-refractivity contribution in [2.24, 2.45) is 11.8 Å². The molecule has 0 saturated carbocycles. The molecule has 0 aliphatic carbocycles. The molecule has 4 atom stereocenters. The number of hydrogen-bond donors (Lipinski definition) is 1. The summed E-state index contributed by atoms with van der Waals surface area (Å²) in [5, 5.41) is 9.67. The van der Waals surface area contributed by atoms with Crippen LogP contribution in [0.1, 0.15) is 17.2 Å². The fourth-order valence-corrected chi connectivity index (χ4v) is 4.85. The highest BCUT2D eigenvalue weighted by molar-refractivity contribution is 5.91. The van der Waals surface area contributed by atoms with Crippen LogP contribution in [0.3, 0.4) is 0 Å². The lowest BCUT2D eigenvalue weighted by Crippen LogP contribution is -2.39. The van der Waals surface area contributed by atoms with Crippen molar-refractivity contribution < 1.29 is 19.4 Å². The molecule has 5 rings (SSSR count). The van der Waals surface area contributed by atoms with Crippen LogP contribution in [0.5, 0.6) is 0 Å². The van der Waals surface area contributed by atoms with E-state index in [1.807, 2.05) is 66.7 Å². The molecule has 27 heavy (non-hydrogen) atoms. The van der Waals surface area contributed by atoms with Crippen molar-refractivity contribution in [3.05, 3.63) is 83.9 Å². The van der Waals surface area contributed by atoms with Gasteiger partial charge in [-0.1, -0.05) is 72.8 Å². The minimum Gasteiger partial charge on any atom is -0.481 e. The Morgan fingerprint density at radius 2 is 1.67 bits per heavy atom. The van der Waals surface area contributed by atoms with E-state index in [4.69, 9.17) is 4.74 Å². The predicted octanol–water partition coefficient (Wildman–Crippen LogP) is 2.64. The zero-order chi connectivity index (χ0) is 18.6. The van der Waals surface area contributed by atoms with E-state index in [0.717, 1.165) is 11.1 Å². The average Bonchev–Trinajstić information content (AvgIpc) is 3.32. The van der Waals surface area contributed by atoms with Crippen LogP contribution in [-0.4, -0.2) is 40.1 Å². The summed E-state index contributed by atoms with van der Waals surface area (Å²) in [5.41, 5.74) is 1.17. The normalized spacial score (nSPS) is 30.9. The summed E-state index contributed by atoms with van der Waals surface area (Å²) in [6, 6.07) is 19.4. The van der Waals surface area contributed by atoms with Gasteiger partial charge < -0.3 is 14.7 Å². The highest BCUT2D eigenvalue weighted by Gasteiger charge is 2.67. The molecule has 0 unspecified atom stereocenters. The van der Waals surface area contributed by atoms with Gasteiger partial charge >= 0.3 is 5.97 Å². The second-order valence-electron chi connectivity index (χ2n) is 7.43. The molecule has 0 aromatic heterocycles. The molecule has 3 heterocycles. The molecular weight excluding hydrogens is 342 g/mol. The van der Waals surface area contributed by atoms with Gasteiger partial charge in [0.25, 0.3) is 0 Å². The first-order chi connectivity index (χ1) is 13.1. The first-order valence-corrected chi connectivity index (χ1v) is 9.11. The standard InChI is InChI=1S/C22H19NO4/c24-20-18-17(21(25)26)16-11-12-22(18,27-16)13-23(20)19(14-7-3-1-4-8-14)15-9-5-2-6-10-15/h1-12,16-19H,13H2,(H,25,26)/t16-,17+,18+,22+/m1/s1. The number of carboxylic acid groups (broad SMARTS) is 1. The lowest BCUT2D eigenvalue weighted by molar-refractivity contribution is -0.148. The van der Waals surface area contributed by atoms with E-state index in [1.54, 1.807) is 11.0 Å². The van der Waals surface area contributed by atoms with Gasteiger partial charge in [0.05, 0.1) is 24.6 Å². The SMILES string of the molecule is O=C(O)[C@@H]1[C@H]2C(=O)N(C(c3ccccc3)c3ccccc3)C[C@@]23C=C[C@H]1O3. The van der Waals surface area contributed by atoms with Gasteiger partial charge in [0.2, 0.25) is 5.91 Å². The summed E-state index contributed by atoms with van der Waals surface area (Å²) < 4.78 is 6.03. The fourth-order valence-electron chi connectivity index (χ4n) is 4.85. The number of ether oxygens (including phenoxy) is 1. The second kappa shape index (κ2) is 5.79. The Hall–Kier alpha value is -2.92. The van der Waals surface area contributed by atoms with Crippen molar-refractivity contribution in [1.82, 2.24) is 4.90 Å². The Labute approximate surface area is 156 Å². The van der Waals surface area contributed by atoms with Gasteiger partial charge in [0.15, 0.2) is 0 Å². The maximum Gasteiger partial charge on any atom is 0.310 e. The van der Waals surface area contributed by atoms with Crippen LogP contribution < -0.4 is 0 Å². The first kappa shape index (κ1) is 16.3. The van der Waals surface area contributed by atoms with E-state index in [-0.39, 0.29) is 11.9 Å². The van der Waals surface area contributed by atoms with E-state index in [2.05, 4.69) is 0 Å². The molecule has 2 aromatic rings. The minimum absolute atomic E-state index is 0.146. The van der Waals surface area contributed by atoms with Gasteiger partial charge in [0.1, 0.15) is 11.5 Å². The molecule has 5 nitrogen and oxygen atoms in total. The molecule has 2 aromatic carbocycles. The molecule has 1 amide bonds. The van der Waals surface area contributed by atoms with Crippen molar-refractivity contribution in [2.45, 2.75) is 17.7 Å². The largest absolute Gasteiger partial charge is 0.481 e. The third-order valence-electron chi connectivity index (χ3n) is 5.96. The summed E-state index contributed by atoms with van der Waals surface area (Å²) in [6.45, 7) is 0.363. The van der Waals surface area contributed by atoms with Gasteiger partial charge in [0, 0.05) is 0 Å². The summed E-state index contributed by atoms with van der Waals surface area (Å²) >= 11 is 0. The molecule has 2 bridgehead atoms. The van der Waals surface area contributed by atoms with Gasteiger partial charge in [-0.05, 0) is 11.1 Å². The Bertz CT molecular complexity index is 886. The molecule has 1 N–H and O–H groups in total. The van der Waals surface area contributed by atoms with Gasteiger partial charge in [-0.15, -0.1) is 0 Å². The van der Waals surface area contributed by atoms with E-state index in [1.165, 1.54) is 0 Å². The molecule has 1 spiro atoms. The Kier molecular flexibility index (Phi) is 3.49. The minimum atomic E-state index is -0.970. The summed E-state index contributed by atoms with van der Waals surface area (Å²) in [5.74, 6) is -2.60. The molecule has 3 aliphatic heterocycles. The van der Waals surface area contributed by atoms with Crippen molar-refractivity contribution >= 4 is 11.9 Å². The summed E-state index contributed by atoms with van der Waals surface area (Å²) in [7, 11) is 0. The molecule has 2 saturated heterocycles. The maximum atomic E-state index is 13.4. The molecule has 0 radical (unpaired) electrons. The number of carbonyl (C=O) groups excluding carboxylic acids is 1. The number of amides is 1. The van der Waals surface area contributed by atoms with Crippen molar-refractivity contribution in [2.75, 3.05) is 6.54 Å². The number of rotatable bonds is 4. The number of hydrogen-bond acceptors (Lipinski definition) is 3. The van der Waals surface area contributed by atoms with Crippen molar-refractivity contribution in [1.29, 1.82) is 0 Å². The zero-order valence-electron chi connectivity index (χ0n) is 14.6. The monoisotopic (exact) mass is 361 g/mol. The van der Waals surface area contributed by atoms with Crippen LogP contribution in [0.15, 0.2) is 72.8 Å². The third-order valence-corrected chi connectivity index (χ3v) is 5.96. The van der Waals surface area contributed by atoms with Gasteiger partial charge in [-0.2, -0.15) is 0 Å². The number of carbonyl (C=O) groups is 2. The Balaban J connectivity index is 1.59. The van der Waals surface area contributed by atoms with Crippen LogP contribution in [0.4, 0.5) is 0 Å². The second-order valence-corrected chi connectivity index (χ2v) is 7.43. The highest BCUT2D eigenvalue weighted by atomic mass is 16.5. The number of carboxylic acids is 1. The van der Waals surface area contributed by atoms with Gasteiger partial charge in [-0.3, -0.25) is 9.59 Å². The predicted molar refractivity (Wildman–Crippen MR) is 97.8 cm³/mol. The van der Waals surface area contributed by atoms with Crippen molar-refractivity contribution in [3.63, 3.8) is 0 Å². The van der Waals surface area contributed by atoms with Crippen LogP contribution >= 0.6 is 0 Å². The summed E-state index contributed by atoms with van der Waals surface area (Å²) in [4.78, 5) is 27.0. The van der Waals surface area contributed by atoms with Crippen LogP contribution in [0, 0.1) is 11.8 Å². The van der Waals surface area contributed by atoms with Crippen LogP contribution in [0.25, 0.3) is 0 Å². The lowest BCUT2D eigenvalue weighted by Gasteiger charge is -2.31. The smallest absolute Gasteiger partial charge is 0.310 e. The zero-order valence-corrected chi connectivity index (χ0v) is 14.6. The van der Waals surface area contributed by atoms with E-state index in [9.17, 15) is 14.7 Å². The van der Waals surface area contributed by atoms with E-state index >= 15 is 0 Å². The third kappa shape index (κ3) is 2.28. The number of likely N-dealkylation sites (tertiary alicyclic amines) is 1. The quantitative estimate of drug-likeness (QED) is 0.850. The molecule has 2 fully saturated rings. The van der Waals surface area contributed by atoms with Crippen LogP contribution in [0.2, 0.25) is 0 Å². The molecule has 3 aliphatic rings. The van der Waals surface area contributed by atoms with Crippen molar-refractivity contribution in [3.8, 4) is 0 Å². The summed E-state index contributed by atoms with van der Waals surface area (Å²) in [6.07, 6.45) is 3.18. The van der Waals surface area contributed by atoms with Crippen LogP contribution in [-0.2, 0) is 14.3 Å². The number of fused-ring (bicyclic) bond motifs is 1. The molecule has 136 valence electrons. The Morgan fingerprint density at radius 3 is 2.22 bits per heavy atom. The number of aliphatic carboxylic acids is 1. The van der Waals surface area contributed by atoms with E-state index < -0.39 is 29.5 Å². The highest BCUT2D eigenvalue weighted by Crippen LogP contribution is 2.53. The van der Waals surface area contributed by atoms with E-state index in [0.29, 0.717) is 6.54 Å². The lowest BCUT2D eigenvalue weighted by atomic mass is 9.77. The fraction of sp³-hybridized carbons (Fsp3) is 0.273. The topological polar surface area (TPSA) is 66.8 Å². The number of benzene rings is 2. The molecular formula is C22H19NO4. The number of nitrogens with zero attached hydrogens (tertiary/aromatic N) is 1. The Morgan fingerprint density at radius 1 is 1.07 bits per heavy atom. The first-order valence-electron chi connectivity index (χ1n) is 9.11. The maximum absolute atomic E-state index is 13.4. The molecule has 5 heteroatoms.